The Hall–Kier alpha value is -2.02. The monoisotopic (exact) mass is 248 g/mol. The van der Waals surface area contributed by atoms with Gasteiger partial charge in [0.2, 0.25) is 0 Å². The predicted molar refractivity (Wildman–Crippen MR) is 65.9 cm³/mol. The van der Waals surface area contributed by atoms with Crippen LogP contribution < -0.4 is 5.32 Å². The van der Waals surface area contributed by atoms with Gasteiger partial charge in [0.15, 0.2) is 0 Å². The Morgan fingerprint density at radius 1 is 1.39 bits per heavy atom. The molecule has 0 unspecified atom stereocenters. The van der Waals surface area contributed by atoms with Gasteiger partial charge in [-0.1, -0.05) is 0 Å². The zero-order valence-corrected chi connectivity index (χ0v) is 10.4. The molecule has 96 valence electrons. The summed E-state index contributed by atoms with van der Waals surface area (Å²) in [5.41, 5.74) is 0.850. The Morgan fingerprint density at radius 3 is 3.00 bits per heavy atom. The van der Waals surface area contributed by atoms with Crippen molar-refractivity contribution in [2.45, 2.75) is 26.1 Å². The van der Waals surface area contributed by atoms with Gasteiger partial charge in [0, 0.05) is 19.2 Å². The molecule has 0 fully saturated rings. The van der Waals surface area contributed by atoms with Crippen LogP contribution in [-0.2, 0) is 17.9 Å². The van der Waals surface area contributed by atoms with Crippen molar-refractivity contribution in [1.29, 1.82) is 0 Å². The number of ether oxygens (including phenoxy) is 1. The summed E-state index contributed by atoms with van der Waals surface area (Å²) in [6.07, 6.45) is 4.74. The summed E-state index contributed by atoms with van der Waals surface area (Å²) in [5, 5.41) is 7.34. The molecule has 0 aromatic carbocycles. The molecule has 7 nitrogen and oxygen atoms in total. The van der Waals surface area contributed by atoms with Crippen LogP contribution in [0.25, 0.3) is 0 Å². The molecule has 0 spiro atoms. The SMILES string of the molecule is COCc1cc(N[C@H](C)Cn2cncn2)ncn1. The quantitative estimate of drug-likeness (QED) is 0.811. The Balaban J connectivity index is 1.93. The van der Waals surface area contributed by atoms with Crippen molar-refractivity contribution in [2.24, 2.45) is 0 Å². The molecular formula is C11H16N6O. The molecule has 2 aromatic heterocycles. The van der Waals surface area contributed by atoms with Crippen LogP contribution in [0.1, 0.15) is 12.6 Å². The van der Waals surface area contributed by atoms with Crippen molar-refractivity contribution in [3.63, 3.8) is 0 Å². The van der Waals surface area contributed by atoms with Gasteiger partial charge < -0.3 is 10.1 Å². The van der Waals surface area contributed by atoms with Crippen LogP contribution in [-0.4, -0.2) is 37.9 Å². The number of aromatic nitrogens is 5. The topological polar surface area (TPSA) is 77.8 Å². The fourth-order valence-electron chi connectivity index (χ4n) is 1.61. The highest BCUT2D eigenvalue weighted by atomic mass is 16.5. The first-order valence-corrected chi connectivity index (χ1v) is 5.66. The second kappa shape index (κ2) is 6.06. The van der Waals surface area contributed by atoms with E-state index in [1.54, 1.807) is 18.1 Å². The van der Waals surface area contributed by atoms with Crippen LogP contribution in [0.4, 0.5) is 5.82 Å². The first kappa shape index (κ1) is 12.4. The lowest BCUT2D eigenvalue weighted by atomic mass is 10.3. The first-order chi connectivity index (χ1) is 8.78. The standard InChI is InChI=1S/C11H16N6O/c1-9(4-17-8-12-6-15-17)16-11-3-10(5-18-2)13-7-14-11/h3,6-9H,4-5H2,1-2H3,(H,13,14,16)/t9-/m1/s1. The van der Waals surface area contributed by atoms with Crippen molar-refractivity contribution in [3.05, 3.63) is 30.7 Å². The lowest BCUT2D eigenvalue weighted by Crippen LogP contribution is -2.23. The van der Waals surface area contributed by atoms with E-state index in [2.05, 4.69) is 32.3 Å². The van der Waals surface area contributed by atoms with Crippen LogP contribution in [0.5, 0.6) is 0 Å². The van der Waals surface area contributed by atoms with E-state index < -0.39 is 0 Å². The number of rotatable bonds is 6. The van der Waals surface area contributed by atoms with E-state index in [0.29, 0.717) is 6.61 Å². The summed E-state index contributed by atoms with van der Waals surface area (Å²) in [7, 11) is 1.64. The van der Waals surface area contributed by atoms with E-state index in [0.717, 1.165) is 18.1 Å². The van der Waals surface area contributed by atoms with Gasteiger partial charge in [-0.25, -0.2) is 15.0 Å². The highest BCUT2D eigenvalue weighted by molar-refractivity contribution is 5.35. The lowest BCUT2D eigenvalue weighted by molar-refractivity contribution is 0.181. The van der Waals surface area contributed by atoms with Gasteiger partial charge >= 0.3 is 0 Å². The van der Waals surface area contributed by atoms with E-state index >= 15 is 0 Å². The number of methoxy groups -OCH3 is 1. The van der Waals surface area contributed by atoms with E-state index in [1.807, 2.05) is 6.07 Å². The third kappa shape index (κ3) is 3.49. The average molecular weight is 248 g/mol. The third-order valence-electron chi connectivity index (χ3n) is 2.34. The molecule has 0 bridgehead atoms. The molecule has 18 heavy (non-hydrogen) atoms. The molecule has 0 aliphatic carbocycles. The van der Waals surface area contributed by atoms with Gasteiger partial charge in [-0.2, -0.15) is 5.10 Å². The minimum absolute atomic E-state index is 0.192. The summed E-state index contributed by atoms with van der Waals surface area (Å²) in [6, 6.07) is 2.07. The summed E-state index contributed by atoms with van der Waals surface area (Å²) in [4.78, 5) is 12.2. The van der Waals surface area contributed by atoms with Crippen molar-refractivity contribution in [1.82, 2.24) is 24.7 Å². The number of anilines is 1. The van der Waals surface area contributed by atoms with Gasteiger partial charge in [0.05, 0.1) is 18.8 Å². The zero-order valence-electron chi connectivity index (χ0n) is 10.4. The molecule has 7 heteroatoms. The van der Waals surface area contributed by atoms with Gasteiger partial charge in [-0.15, -0.1) is 0 Å². The van der Waals surface area contributed by atoms with Gasteiger partial charge in [0.1, 0.15) is 24.8 Å². The fraction of sp³-hybridized carbons (Fsp3) is 0.455. The van der Waals surface area contributed by atoms with E-state index in [4.69, 9.17) is 4.74 Å². The van der Waals surface area contributed by atoms with Gasteiger partial charge in [0.25, 0.3) is 0 Å². The van der Waals surface area contributed by atoms with Crippen LogP contribution in [0, 0.1) is 0 Å². The smallest absolute Gasteiger partial charge is 0.137 e. The molecule has 0 saturated heterocycles. The number of nitrogens with one attached hydrogen (secondary N) is 1. The Labute approximate surface area is 105 Å². The fourth-order valence-corrected chi connectivity index (χ4v) is 1.61. The third-order valence-corrected chi connectivity index (χ3v) is 2.34. The van der Waals surface area contributed by atoms with E-state index in [9.17, 15) is 0 Å². The Kier molecular flexibility index (Phi) is 4.19. The van der Waals surface area contributed by atoms with Crippen LogP contribution in [0.3, 0.4) is 0 Å². The van der Waals surface area contributed by atoms with Crippen LogP contribution in [0.2, 0.25) is 0 Å². The molecule has 2 aromatic rings. The molecule has 2 heterocycles. The first-order valence-electron chi connectivity index (χ1n) is 5.66. The Morgan fingerprint density at radius 2 is 2.28 bits per heavy atom. The minimum Gasteiger partial charge on any atom is -0.378 e. The van der Waals surface area contributed by atoms with Crippen molar-refractivity contribution >= 4 is 5.82 Å². The Bertz CT molecular complexity index is 472. The minimum atomic E-state index is 0.192. The summed E-state index contributed by atoms with van der Waals surface area (Å²) < 4.78 is 6.81. The van der Waals surface area contributed by atoms with Crippen molar-refractivity contribution in [3.8, 4) is 0 Å². The van der Waals surface area contributed by atoms with E-state index in [1.165, 1.54) is 12.7 Å². The number of nitrogens with zero attached hydrogens (tertiary/aromatic N) is 5. The second-order valence-electron chi connectivity index (χ2n) is 3.99. The summed E-state index contributed by atoms with van der Waals surface area (Å²) in [6.45, 7) is 3.26. The normalized spacial score (nSPS) is 12.3. The molecule has 2 rings (SSSR count). The highest BCUT2D eigenvalue weighted by Gasteiger charge is 2.05. The average Bonchev–Trinajstić information content (AvgIpc) is 2.82. The summed E-state index contributed by atoms with van der Waals surface area (Å²) in [5.74, 6) is 0.782. The molecule has 1 atom stereocenters. The van der Waals surface area contributed by atoms with Crippen molar-refractivity contribution in [2.75, 3.05) is 12.4 Å². The van der Waals surface area contributed by atoms with Crippen LogP contribution in [0.15, 0.2) is 25.0 Å². The number of hydrogen-bond donors (Lipinski definition) is 1. The molecule has 0 radical (unpaired) electrons. The van der Waals surface area contributed by atoms with Gasteiger partial charge in [-0.3, -0.25) is 4.68 Å². The lowest BCUT2D eigenvalue weighted by Gasteiger charge is -2.14. The maximum atomic E-state index is 5.03. The molecule has 0 saturated carbocycles. The predicted octanol–water partition coefficient (Wildman–Crippen LogP) is 0.715. The van der Waals surface area contributed by atoms with E-state index in [-0.39, 0.29) is 6.04 Å². The zero-order chi connectivity index (χ0) is 12.8. The van der Waals surface area contributed by atoms with Crippen molar-refractivity contribution < 1.29 is 4.74 Å². The molecule has 0 aliphatic heterocycles. The van der Waals surface area contributed by atoms with Crippen LogP contribution >= 0.6 is 0 Å². The molecule has 0 aliphatic rings. The highest BCUT2D eigenvalue weighted by Crippen LogP contribution is 2.07. The molecule has 1 N–H and O–H groups in total. The summed E-state index contributed by atoms with van der Waals surface area (Å²) >= 11 is 0. The largest absolute Gasteiger partial charge is 0.378 e. The molecular weight excluding hydrogens is 232 g/mol. The number of hydrogen-bond acceptors (Lipinski definition) is 6. The maximum Gasteiger partial charge on any atom is 0.137 e. The molecule has 0 amide bonds. The second-order valence-corrected chi connectivity index (χ2v) is 3.99. The maximum absolute atomic E-state index is 5.03. The van der Waals surface area contributed by atoms with Gasteiger partial charge in [-0.05, 0) is 6.92 Å².